The van der Waals surface area contributed by atoms with E-state index in [9.17, 15) is 18.8 Å². The average molecular weight is 436 g/mol. The summed E-state index contributed by atoms with van der Waals surface area (Å²) in [6.07, 6.45) is 2.73. The molecule has 1 amide bonds. The number of hydrogen-bond donors (Lipinski definition) is 3. The van der Waals surface area contributed by atoms with Crippen molar-refractivity contribution >= 4 is 23.1 Å². The molecule has 0 saturated carbocycles. The zero-order chi connectivity index (χ0) is 22.6. The smallest absolute Gasteiger partial charge is 0.257 e. The fourth-order valence-corrected chi connectivity index (χ4v) is 3.88. The summed E-state index contributed by atoms with van der Waals surface area (Å²) >= 11 is 0. The minimum atomic E-state index is -0.674. The van der Waals surface area contributed by atoms with Crippen molar-refractivity contribution in [3.8, 4) is 6.07 Å². The molecule has 0 bridgehead atoms. The van der Waals surface area contributed by atoms with E-state index in [0.717, 1.165) is 5.69 Å². The normalized spacial score (nSPS) is 15.1. The lowest BCUT2D eigenvalue weighted by Crippen LogP contribution is -2.55. The predicted molar refractivity (Wildman–Crippen MR) is 117 cm³/mol. The highest BCUT2D eigenvalue weighted by molar-refractivity contribution is 5.99. The Morgan fingerprint density at radius 1 is 1.09 bits per heavy atom. The maximum absolute atomic E-state index is 13.2. The van der Waals surface area contributed by atoms with E-state index in [-0.39, 0.29) is 24.0 Å². The maximum atomic E-state index is 13.2. The first kappa shape index (κ1) is 21.3. The number of aromatic amines is 1. The molecule has 2 heterocycles. The lowest BCUT2D eigenvalue weighted by molar-refractivity contribution is 0.0883. The SMILES string of the molecule is N#CCC1(NC(=O)c2cn[nH]c2Nc2ccc(F)cc2)CCN(c2ccc(F)cc2)CC1. The first-order valence-corrected chi connectivity index (χ1v) is 10.2. The van der Waals surface area contributed by atoms with Gasteiger partial charge in [-0.1, -0.05) is 0 Å². The first-order chi connectivity index (χ1) is 15.5. The number of rotatable bonds is 6. The van der Waals surface area contributed by atoms with E-state index >= 15 is 0 Å². The monoisotopic (exact) mass is 436 g/mol. The van der Waals surface area contributed by atoms with Crippen LogP contribution in [-0.4, -0.2) is 34.7 Å². The van der Waals surface area contributed by atoms with Gasteiger partial charge in [0.15, 0.2) is 0 Å². The average Bonchev–Trinajstić information content (AvgIpc) is 3.25. The molecule has 0 spiro atoms. The summed E-state index contributed by atoms with van der Waals surface area (Å²) in [5, 5.41) is 22.2. The predicted octanol–water partition coefficient (Wildman–Crippen LogP) is 4.11. The van der Waals surface area contributed by atoms with Gasteiger partial charge in [0, 0.05) is 24.5 Å². The Hall–Kier alpha value is -3.93. The van der Waals surface area contributed by atoms with E-state index in [0.29, 0.717) is 43.0 Å². The lowest BCUT2D eigenvalue weighted by Gasteiger charge is -2.42. The van der Waals surface area contributed by atoms with E-state index in [1.807, 2.05) is 0 Å². The minimum absolute atomic E-state index is 0.175. The molecule has 2 aromatic carbocycles. The highest BCUT2D eigenvalue weighted by Gasteiger charge is 2.37. The van der Waals surface area contributed by atoms with Crippen LogP contribution in [0.25, 0.3) is 0 Å². The largest absolute Gasteiger partial charge is 0.371 e. The zero-order valence-electron chi connectivity index (χ0n) is 17.2. The topological polar surface area (TPSA) is 96.8 Å². The molecular weight excluding hydrogens is 414 g/mol. The van der Waals surface area contributed by atoms with Crippen molar-refractivity contribution in [1.82, 2.24) is 15.5 Å². The molecule has 0 aliphatic carbocycles. The molecule has 1 aliphatic rings. The van der Waals surface area contributed by atoms with Gasteiger partial charge in [0.1, 0.15) is 23.0 Å². The van der Waals surface area contributed by atoms with Gasteiger partial charge >= 0.3 is 0 Å². The molecule has 0 radical (unpaired) electrons. The Kier molecular flexibility index (Phi) is 6.03. The molecule has 164 valence electrons. The number of benzene rings is 2. The molecule has 7 nitrogen and oxygen atoms in total. The molecule has 1 aromatic heterocycles. The van der Waals surface area contributed by atoms with E-state index < -0.39 is 5.54 Å². The van der Waals surface area contributed by atoms with Gasteiger partial charge in [0.05, 0.1) is 24.2 Å². The van der Waals surface area contributed by atoms with Crippen LogP contribution in [0.15, 0.2) is 54.7 Å². The number of carbonyl (C=O) groups is 1. The quantitative estimate of drug-likeness (QED) is 0.540. The summed E-state index contributed by atoms with van der Waals surface area (Å²) in [5.41, 5.74) is 1.13. The van der Waals surface area contributed by atoms with Gasteiger partial charge in [-0.05, 0) is 61.4 Å². The highest BCUT2D eigenvalue weighted by atomic mass is 19.1. The van der Waals surface area contributed by atoms with Crippen molar-refractivity contribution in [2.45, 2.75) is 24.8 Å². The number of aromatic nitrogens is 2. The number of amides is 1. The van der Waals surface area contributed by atoms with Gasteiger partial charge in [0.25, 0.3) is 5.91 Å². The molecule has 9 heteroatoms. The van der Waals surface area contributed by atoms with Crippen LogP contribution >= 0.6 is 0 Å². The molecule has 32 heavy (non-hydrogen) atoms. The Balaban J connectivity index is 1.45. The fraction of sp³-hybridized carbons (Fsp3) is 0.261. The summed E-state index contributed by atoms with van der Waals surface area (Å²) in [4.78, 5) is 15.2. The van der Waals surface area contributed by atoms with Gasteiger partial charge in [-0.15, -0.1) is 0 Å². The van der Waals surface area contributed by atoms with Crippen LogP contribution in [0.1, 0.15) is 29.6 Å². The van der Waals surface area contributed by atoms with Gasteiger partial charge in [-0.2, -0.15) is 10.4 Å². The number of hydrogen-bond acceptors (Lipinski definition) is 5. The van der Waals surface area contributed by atoms with Crippen LogP contribution in [0.3, 0.4) is 0 Å². The molecule has 0 atom stereocenters. The van der Waals surface area contributed by atoms with Crippen LogP contribution in [0, 0.1) is 23.0 Å². The number of H-pyrrole nitrogens is 1. The zero-order valence-corrected chi connectivity index (χ0v) is 17.2. The maximum Gasteiger partial charge on any atom is 0.257 e. The standard InChI is InChI=1S/C23H22F2N6O/c24-16-1-5-18(6-2-16)28-21-20(15-27-30-21)22(32)29-23(9-12-26)10-13-31(14-11-23)19-7-3-17(25)4-8-19/h1-8,15H,9-11,13-14H2,(H,29,32)(H2,27,28,30). The van der Waals surface area contributed by atoms with Crippen LogP contribution in [0.2, 0.25) is 0 Å². The summed E-state index contributed by atoms with van der Waals surface area (Å²) in [5.74, 6) is -0.621. The van der Waals surface area contributed by atoms with Crippen LogP contribution in [0.5, 0.6) is 0 Å². The van der Waals surface area contributed by atoms with E-state index in [2.05, 4.69) is 31.8 Å². The highest BCUT2D eigenvalue weighted by Crippen LogP contribution is 2.30. The van der Waals surface area contributed by atoms with Crippen molar-refractivity contribution < 1.29 is 13.6 Å². The number of piperidine rings is 1. The fourth-order valence-electron chi connectivity index (χ4n) is 3.88. The van der Waals surface area contributed by atoms with E-state index in [4.69, 9.17) is 0 Å². The number of carbonyl (C=O) groups excluding carboxylic acids is 1. The van der Waals surface area contributed by atoms with E-state index in [1.54, 1.807) is 24.3 Å². The molecule has 1 fully saturated rings. The van der Waals surface area contributed by atoms with Crippen LogP contribution in [0.4, 0.5) is 26.0 Å². The van der Waals surface area contributed by atoms with Gasteiger partial charge < -0.3 is 15.5 Å². The Bertz CT molecular complexity index is 1110. The molecule has 0 unspecified atom stereocenters. The molecular formula is C23H22F2N6O. The van der Waals surface area contributed by atoms with Crippen molar-refractivity contribution in [2.75, 3.05) is 23.3 Å². The molecule has 3 N–H and O–H groups in total. The number of halogens is 2. The minimum Gasteiger partial charge on any atom is -0.371 e. The number of nitriles is 1. The Morgan fingerprint density at radius 3 is 2.34 bits per heavy atom. The molecule has 4 rings (SSSR count). The molecule has 3 aromatic rings. The second-order valence-corrected chi connectivity index (χ2v) is 7.82. The van der Waals surface area contributed by atoms with Crippen LogP contribution < -0.4 is 15.5 Å². The lowest BCUT2D eigenvalue weighted by atomic mass is 9.84. The van der Waals surface area contributed by atoms with E-state index in [1.165, 1.54) is 30.5 Å². The van der Waals surface area contributed by atoms with Crippen molar-refractivity contribution in [3.05, 3.63) is 71.9 Å². The van der Waals surface area contributed by atoms with Gasteiger partial charge in [-0.25, -0.2) is 8.78 Å². The Labute approximate surface area is 184 Å². The van der Waals surface area contributed by atoms with Crippen molar-refractivity contribution in [1.29, 1.82) is 5.26 Å². The summed E-state index contributed by atoms with van der Waals surface area (Å²) in [6, 6.07) is 14.2. The molecule has 1 aliphatic heterocycles. The van der Waals surface area contributed by atoms with Crippen LogP contribution in [-0.2, 0) is 0 Å². The third kappa shape index (κ3) is 4.70. The van der Waals surface area contributed by atoms with Crippen molar-refractivity contribution in [3.63, 3.8) is 0 Å². The van der Waals surface area contributed by atoms with Gasteiger partial charge in [0.2, 0.25) is 0 Å². The number of anilines is 3. The third-order valence-electron chi connectivity index (χ3n) is 5.71. The second-order valence-electron chi connectivity index (χ2n) is 7.82. The second kappa shape index (κ2) is 9.06. The number of nitrogens with zero attached hydrogens (tertiary/aromatic N) is 3. The first-order valence-electron chi connectivity index (χ1n) is 10.2. The summed E-state index contributed by atoms with van der Waals surface area (Å²) in [6.45, 7) is 1.25. The summed E-state index contributed by atoms with van der Waals surface area (Å²) in [7, 11) is 0. The summed E-state index contributed by atoms with van der Waals surface area (Å²) < 4.78 is 26.4. The molecule has 1 saturated heterocycles. The van der Waals surface area contributed by atoms with Crippen molar-refractivity contribution in [2.24, 2.45) is 0 Å². The number of nitrogens with one attached hydrogen (secondary N) is 3. The Morgan fingerprint density at radius 2 is 1.72 bits per heavy atom. The third-order valence-corrected chi connectivity index (χ3v) is 5.71. The van der Waals surface area contributed by atoms with Gasteiger partial charge in [-0.3, -0.25) is 9.89 Å².